The van der Waals surface area contributed by atoms with Gasteiger partial charge in [0.1, 0.15) is 28.5 Å². The van der Waals surface area contributed by atoms with Gasteiger partial charge in [-0.25, -0.2) is 33.9 Å². The van der Waals surface area contributed by atoms with E-state index in [4.69, 9.17) is 42.6 Å². The molecule has 0 atom stereocenters. The van der Waals surface area contributed by atoms with Crippen LogP contribution in [0.4, 0.5) is 9.59 Å². The van der Waals surface area contributed by atoms with E-state index in [9.17, 15) is 33.9 Å². The maximum Gasteiger partial charge on any atom is 0.410 e. The van der Waals surface area contributed by atoms with Crippen molar-refractivity contribution in [2.75, 3.05) is 87.5 Å². The second-order valence-electron chi connectivity index (χ2n) is 18.4. The van der Waals surface area contributed by atoms with Crippen molar-refractivity contribution in [1.29, 1.82) is 0 Å². The zero-order valence-electron chi connectivity index (χ0n) is 44.0. The highest BCUT2D eigenvalue weighted by molar-refractivity contribution is 5.96. The van der Waals surface area contributed by atoms with E-state index in [2.05, 4.69) is 20.3 Å². The molecular weight excluding hydrogens is 941 g/mol. The number of carbonyl (C=O) groups excluding carboxylic acids is 5. The van der Waals surface area contributed by atoms with E-state index in [1.165, 1.54) is 26.2 Å². The van der Waals surface area contributed by atoms with Gasteiger partial charge in [-0.3, -0.25) is 4.79 Å². The van der Waals surface area contributed by atoms with Crippen LogP contribution in [0.1, 0.15) is 127 Å². The Bertz CT molecular complexity index is 2480. The topological polar surface area (TPSA) is 266 Å². The van der Waals surface area contributed by atoms with Crippen LogP contribution >= 0.6 is 0 Å². The molecule has 0 fully saturated rings. The molecule has 0 radical (unpaired) electrons. The summed E-state index contributed by atoms with van der Waals surface area (Å²) < 4.78 is 47.4. The first kappa shape index (κ1) is 57.7. The first-order valence-electron chi connectivity index (χ1n) is 24.0. The van der Waals surface area contributed by atoms with E-state index < -0.39 is 46.3 Å². The Morgan fingerprint density at radius 1 is 0.556 bits per heavy atom. The highest BCUT2D eigenvalue weighted by Gasteiger charge is 2.33. The van der Waals surface area contributed by atoms with Crippen LogP contribution in [-0.2, 0) is 62.2 Å². The lowest BCUT2D eigenvalue weighted by molar-refractivity contribution is 0.0247. The van der Waals surface area contributed by atoms with E-state index >= 15 is 0 Å². The molecule has 0 spiro atoms. The Balaban J connectivity index is 0.000000237. The molecule has 3 aromatic rings. The van der Waals surface area contributed by atoms with Crippen LogP contribution in [0.25, 0.3) is 0 Å². The summed E-state index contributed by atoms with van der Waals surface area (Å²) in [4.78, 5) is 87.9. The number of methoxy groups -OCH3 is 4. The Morgan fingerprint density at radius 2 is 0.958 bits per heavy atom. The van der Waals surface area contributed by atoms with Gasteiger partial charge in [-0.15, -0.1) is 0 Å². The molecular formula is C50H72N6O16. The standard InChI is InChI=1S/C19H28N2O6.C17H24N2O6.C14H20N2O4/c1-7-26-17(22)14-15(24-5)12-8-10-21(18(23)27-19(2,3)4)11-9-13(12)20-16(14)25-6;1-5-24-15(22)12-13(20)10-6-8-19(16(23)25-17(2,3)4)9-7-11(10)18-14(12)21;1-4-20-14(17)11-12(18-2)9-5-7-15-8-6-10(9)16-13(11)19-3/h7-11H2,1-6H3;5-9H2,1-4H3,(H2,18,20,21);15H,4-8H2,1-3H3. The minimum absolute atomic E-state index is 0.0984. The predicted octanol–water partition coefficient (Wildman–Crippen LogP) is 5.17. The third-order valence-corrected chi connectivity index (χ3v) is 11.1. The Kier molecular flexibility index (Phi) is 20.9. The average Bonchev–Trinajstić information content (AvgIpc) is 3.79. The number of nitrogens with zero attached hydrogens (tertiary/aromatic N) is 4. The number of pyridine rings is 3. The van der Waals surface area contributed by atoms with Crippen LogP contribution in [-0.4, -0.2) is 159 Å². The molecule has 0 bridgehead atoms. The summed E-state index contributed by atoms with van der Waals surface area (Å²) in [6, 6.07) is 0. The number of hydrogen-bond donors (Lipinski definition) is 3. The third kappa shape index (κ3) is 14.9. The number of ether oxygens (including phenoxy) is 9. The molecule has 3 aromatic heterocycles. The molecule has 22 heteroatoms. The number of aromatic nitrogens is 3. The van der Waals surface area contributed by atoms with Gasteiger partial charge in [0.2, 0.25) is 11.8 Å². The number of carbonyl (C=O) groups is 5. The monoisotopic (exact) mass is 1010 g/mol. The summed E-state index contributed by atoms with van der Waals surface area (Å²) in [6.45, 7) is 19.8. The van der Waals surface area contributed by atoms with Crippen LogP contribution in [0.3, 0.4) is 0 Å². The SMILES string of the molecule is CCOC(=O)c1c(O)c2c([nH]c1=O)CCN(C(=O)OC(C)(C)C)CC2.CCOC(=O)c1c(OC)nc2c(c1OC)CCN(C(=O)OC(C)(C)C)CC2.CCOC(=O)c1c(OC)nc2c(c1OC)CCNCC2. The van der Waals surface area contributed by atoms with E-state index in [1.807, 2.05) is 20.8 Å². The first-order valence-corrected chi connectivity index (χ1v) is 24.0. The van der Waals surface area contributed by atoms with Gasteiger partial charge in [-0.2, -0.15) is 0 Å². The molecule has 0 aliphatic carbocycles. The number of nitrogens with one attached hydrogen (secondary N) is 2. The summed E-state index contributed by atoms with van der Waals surface area (Å²) in [5, 5.41) is 13.7. The van der Waals surface area contributed by atoms with Gasteiger partial charge in [0.15, 0.2) is 16.7 Å². The lowest BCUT2D eigenvalue weighted by Gasteiger charge is -2.26. The van der Waals surface area contributed by atoms with Crippen LogP contribution < -0.4 is 29.8 Å². The lowest BCUT2D eigenvalue weighted by Crippen LogP contribution is -2.38. The van der Waals surface area contributed by atoms with Crippen molar-refractivity contribution in [2.24, 2.45) is 0 Å². The smallest absolute Gasteiger partial charge is 0.410 e. The summed E-state index contributed by atoms with van der Waals surface area (Å²) >= 11 is 0. The second kappa shape index (κ2) is 26.0. The van der Waals surface area contributed by atoms with Crippen molar-refractivity contribution in [3.8, 4) is 29.0 Å². The molecule has 3 N–H and O–H groups in total. The second-order valence-corrected chi connectivity index (χ2v) is 18.4. The fourth-order valence-electron chi connectivity index (χ4n) is 8.01. The molecule has 0 saturated heterocycles. The molecule has 6 heterocycles. The minimum Gasteiger partial charge on any atom is -0.506 e. The van der Waals surface area contributed by atoms with Gasteiger partial charge in [-0.1, -0.05) is 0 Å². The lowest BCUT2D eigenvalue weighted by atomic mass is 10.0. The normalized spacial score (nSPS) is 14.2. The Hall–Kier alpha value is -6.84. The number of aromatic hydroxyl groups is 1. The minimum atomic E-state index is -0.864. The summed E-state index contributed by atoms with van der Waals surface area (Å²) in [5.41, 5.74) is 2.55. The number of rotatable bonds is 10. The summed E-state index contributed by atoms with van der Waals surface area (Å²) in [5.74, 6) is -0.907. The summed E-state index contributed by atoms with van der Waals surface area (Å²) in [7, 11) is 5.98. The molecule has 398 valence electrons. The third-order valence-electron chi connectivity index (χ3n) is 11.1. The highest BCUT2D eigenvalue weighted by atomic mass is 16.6. The number of H-pyrrole nitrogens is 1. The quantitative estimate of drug-likeness (QED) is 0.175. The maximum atomic E-state index is 12.4. The van der Waals surface area contributed by atoms with Gasteiger partial charge in [-0.05, 0) is 88.1 Å². The highest BCUT2D eigenvalue weighted by Crippen LogP contribution is 2.37. The number of hydrogen-bond acceptors (Lipinski definition) is 19. The van der Waals surface area contributed by atoms with E-state index in [0.29, 0.717) is 81.2 Å². The van der Waals surface area contributed by atoms with E-state index in [-0.39, 0.29) is 47.9 Å². The Labute approximate surface area is 420 Å². The fourth-order valence-corrected chi connectivity index (χ4v) is 8.01. The zero-order valence-corrected chi connectivity index (χ0v) is 44.0. The van der Waals surface area contributed by atoms with Gasteiger partial charge in [0.05, 0.1) is 59.6 Å². The molecule has 6 rings (SSSR count). The zero-order chi connectivity index (χ0) is 53.5. The molecule has 2 amide bonds. The van der Waals surface area contributed by atoms with Gasteiger partial charge in [0.25, 0.3) is 5.56 Å². The van der Waals surface area contributed by atoms with Crippen LogP contribution in [0, 0.1) is 0 Å². The molecule has 3 aliphatic rings. The number of aromatic amines is 1. The van der Waals surface area contributed by atoms with Crippen molar-refractivity contribution in [3.63, 3.8) is 0 Å². The fraction of sp³-hybridized carbons (Fsp3) is 0.600. The van der Waals surface area contributed by atoms with Gasteiger partial charge < -0.3 is 67.8 Å². The van der Waals surface area contributed by atoms with Crippen molar-refractivity contribution < 1.29 is 71.7 Å². The average molecular weight is 1010 g/mol. The number of amides is 2. The first-order chi connectivity index (χ1) is 34.1. The van der Waals surface area contributed by atoms with Gasteiger partial charge >= 0.3 is 30.1 Å². The number of fused-ring (bicyclic) bond motifs is 3. The molecule has 0 unspecified atom stereocenters. The molecule has 72 heavy (non-hydrogen) atoms. The van der Waals surface area contributed by atoms with Crippen molar-refractivity contribution in [3.05, 3.63) is 60.8 Å². The van der Waals surface area contributed by atoms with Crippen LogP contribution in [0.5, 0.6) is 29.0 Å². The largest absolute Gasteiger partial charge is 0.506 e. The van der Waals surface area contributed by atoms with E-state index in [0.717, 1.165) is 48.4 Å². The van der Waals surface area contributed by atoms with Crippen molar-refractivity contribution in [2.45, 2.75) is 112 Å². The van der Waals surface area contributed by atoms with Crippen LogP contribution in [0.2, 0.25) is 0 Å². The van der Waals surface area contributed by atoms with Gasteiger partial charge in [0, 0.05) is 74.4 Å². The Morgan fingerprint density at radius 3 is 1.40 bits per heavy atom. The maximum absolute atomic E-state index is 12.4. The van der Waals surface area contributed by atoms with Crippen molar-refractivity contribution in [1.82, 2.24) is 30.1 Å². The molecule has 22 nitrogen and oxygen atoms in total. The van der Waals surface area contributed by atoms with Crippen LogP contribution in [0.15, 0.2) is 4.79 Å². The summed E-state index contributed by atoms with van der Waals surface area (Å²) in [6.07, 6.45) is 2.36. The molecule has 0 aromatic carbocycles. The molecule has 0 saturated carbocycles. The molecule has 3 aliphatic heterocycles. The van der Waals surface area contributed by atoms with Crippen molar-refractivity contribution >= 4 is 30.1 Å². The predicted molar refractivity (Wildman–Crippen MR) is 262 cm³/mol. The van der Waals surface area contributed by atoms with E-state index in [1.54, 1.807) is 53.6 Å². The number of esters is 3.